The highest BCUT2D eigenvalue weighted by atomic mass is 16.5. The van der Waals surface area contributed by atoms with Crippen LogP contribution in [-0.2, 0) is 11.8 Å². The van der Waals surface area contributed by atoms with E-state index < -0.39 is 0 Å². The number of para-hydroxylation sites is 1. The van der Waals surface area contributed by atoms with Crippen LogP contribution in [0.5, 0.6) is 0 Å². The topological polar surface area (TPSA) is 73.0 Å². The Balaban J connectivity index is 1.47. The summed E-state index contributed by atoms with van der Waals surface area (Å²) in [5.74, 6) is 0.323. The molecule has 0 bridgehead atoms. The molecular weight excluding hydrogens is 328 g/mol. The fourth-order valence-electron chi connectivity index (χ4n) is 2.86. The van der Waals surface area contributed by atoms with Gasteiger partial charge in [-0.25, -0.2) is 0 Å². The standard InChI is InChI=1S/C20H16N4O2/c1-24-12-15(17-4-2-3-5-18(17)24)8-11-19(25)22-16-9-6-14(7-10-16)20-21-13-26-23-20/h2-13H,1H3,(H,22,25). The van der Waals surface area contributed by atoms with E-state index >= 15 is 0 Å². The zero-order valence-electron chi connectivity index (χ0n) is 14.1. The molecule has 0 radical (unpaired) electrons. The molecule has 2 aromatic carbocycles. The van der Waals surface area contributed by atoms with Gasteiger partial charge in [0.05, 0.1) is 0 Å². The molecule has 2 aromatic heterocycles. The van der Waals surface area contributed by atoms with Gasteiger partial charge in [-0.1, -0.05) is 23.4 Å². The second kappa shape index (κ2) is 6.68. The Morgan fingerprint density at radius 2 is 1.96 bits per heavy atom. The van der Waals surface area contributed by atoms with Gasteiger partial charge < -0.3 is 14.4 Å². The molecule has 0 saturated heterocycles. The average molecular weight is 344 g/mol. The molecule has 0 aliphatic heterocycles. The van der Waals surface area contributed by atoms with Gasteiger partial charge in [0.2, 0.25) is 18.1 Å². The van der Waals surface area contributed by atoms with Crippen LogP contribution in [0.15, 0.2) is 71.7 Å². The van der Waals surface area contributed by atoms with E-state index in [2.05, 4.69) is 21.5 Å². The van der Waals surface area contributed by atoms with Gasteiger partial charge in [-0.05, 0) is 36.4 Å². The summed E-state index contributed by atoms with van der Waals surface area (Å²) in [6, 6.07) is 15.3. The van der Waals surface area contributed by atoms with Crippen LogP contribution in [0.3, 0.4) is 0 Å². The van der Waals surface area contributed by atoms with E-state index in [9.17, 15) is 4.79 Å². The first-order valence-corrected chi connectivity index (χ1v) is 8.10. The number of aromatic nitrogens is 3. The fourth-order valence-corrected chi connectivity index (χ4v) is 2.86. The van der Waals surface area contributed by atoms with Gasteiger partial charge in [-0.2, -0.15) is 4.98 Å². The van der Waals surface area contributed by atoms with E-state index in [-0.39, 0.29) is 5.91 Å². The number of aryl methyl sites for hydroxylation is 1. The maximum atomic E-state index is 12.2. The van der Waals surface area contributed by atoms with Crippen LogP contribution in [-0.4, -0.2) is 20.6 Å². The Morgan fingerprint density at radius 1 is 1.15 bits per heavy atom. The van der Waals surface area contributed by atoms with Crippen LogP contribution in [0.4, 0.5) is 5.69 Å². The Labute approximate surface area is 149 Å². The maximum Gasteiger partial charge on any atom is 0.248 e. The lowest BCUT2D eigenvalue weighted by molar-refractivity contribution is -0.111. The molecule has 0 spiro atoms. The van der Waals surface area contributed by atoms with Crippen LogP contribution in [0.2, 0.25) is 0 Å². The lowest BCUT2D eigenvalue weighted by atomic mass is 10.1. The predicted molar refractivity (Wildman–Crippen MR) is 100 cm³/mol. The maximum absolute atomic E-state index is 12.2. The minimum Gasteiger partial charge on any atom is -0.350 e. The minimum absolute atomic E-state index is 0.190. The van der Waals surface area contributed by atoms with Crippen molar-refractivity contribution in [2.75, 3.05) is 5.32 Å². The van der Waals surface area contributed by atoms with Crippen LogP contribution in [0.1, 0.15) is 5.56 Å². The summed E-state index contributed by atoms with van der Waals surface area (Å²) in [7, 11) is 1.99. The SMILES string of the molecule is Cn1cc(C=CC(=O)Nc2ccc(-c3ncon3)cc2)c2ccccc21. The molecule has 4 rings (SSSR count). The van der Waals surface area contributed by atoms with Crippen LogP contribution < -0.4 is 5.32 Å². The monoisotopic (exact) mass is 344 g/mol. The summed E-state index contributed by atoms with van der Waals surface area (Å²) in [5, 5.41) is 7.74. The smallest absolute Gasteiger partial charge is 0.248 e. The number of hydrogen-bond acceptors (Lipinski definition) is 4. The van der Waals surface area contributed by atoms with Gasteiger partial charge in [-0.3, -0.25) is 4.79 Å². The molecule has 128 valence electrons. The molecule has 0 fully saturated rings. The molecule has 6 nitrogen and oxygen atoms in total. The largest absolute Gasteiger partial charge is 0.350 e. The number of nitrogens with one attached hydrogen (secondary N) is 1. The quantitative estimate of drug-likeness (QED) is 0.570. The summed E-state index contributed by atoms with van der Waals surface area (Å²) in [5.41, 5.74) is 3.66. The highest BCUT2D eigenvalue weighted by Crippen LogP contribution is 2.21. The number of carbonyl (C=O) groups is 1. The summed E-state index contributed by atoms with van der Waals surface area (Å²) in [4.78, 5) is 16.2. The number of anilines is 1. The molecule has 26 heavy (non-hydrogen) atoms. The summed E-state index contributed by atoms with van der Waals surface area (Å²) >= 11 is 0. The molecule has 0 saturated carbocycles. The first kappa shape index (κ1) is 15.8. The molecular formula is C20H16N4O2. The number of hydrogen-bond donors (Lipinski definition) is 1. The number of nitrogens with zero attached hydrogens (tertiary/aromatic N) is 3. The Bertz CT molecular complexity index is 1080. The van der Waals surface area contributed by atoms with Crippen molar-refractivity contribution in [1.82, 2.24) is 14.7 Å². The van der Waals surface area contributed by atoms with Crippen LogP contribution >= 0.6 is 0 Å². The van der Waals surface area contributed by atoms with E-state index in [0.29, 0.717) is 11.5 Å². The van der Waals surface area contributed by atoms with Gasteiger partial charge in [0.1, 0.15) is 0 Å². The van der Waals surface area contributed by atoms with Crippen molar-refractivity contribution in [3.05, 3.63) is 72.8 Å². The van der Waals surface area contributed by atoms with Crippen molar-refractivity contribution in [1.29, 1.82) is 0 Å². The molecule has 4 aromatic rings. The van der Waals surface area contributed by atoms with Crippen molar-refractivity contribution < 1.29 is 9.32 Å². The van der Waals surface area contributed by atoms with Crippen molar-refractivity contribution >= 4 is 28.6 Å². The molecule has 0 aliphatic rings. The van der Waals surface area contributed by atoms with Crippen molar-refractivity contribution in [2.24, 2.45) is 7.05 Å². The predicted octanol–water partition coefficient (Wildman–Crippen LogP) is 3.88. The molecule has 0 atom stereocenters. The van der Waals surface area contributed by atoms with Crippen LogP contribution in [0, 0.1) is 0 Å². The van der Waals surface area contributed by atoms with E-state index in [1.54, 1.807) is 12.1 Å². The van der Waals surface area contributed by atoms with Gasteiger partial charge in [0.15, 0.2) is 0 Å². The summed E-state index contributed by atoms with van der Waals surface area (Å²) in [6.45, 7) is 0. The van der Waals surface area contributed by atoms with Crippen molar-refractivity contribution in [2.45, 2.75) is 0 Å². The lowest BCUT2D eigenvalue weighted by Crippen LogP contribution is -2.07. The van der Waals surface area contributed by atoms with Gasteiger partial charge >= 0.3 is 0 Å². The minimum atomic E-state index is -0.190. The first-order chi connectivity index (χ1) is 12.7. The van der Waals surface area contributed by atoms with Gasteiger partial charge in [0.25, 0.3) is 0 Å². The van der Waals surface area contributed by atoms with Gasteiger partial charge in [-0.15, -0.1) is 0 Å². The van der Waals surface area contributed by atoms with Crippen molar-refractivity contribution in [3.63, 3.8) is 0 Å². The summed E-state index contributed by atoms with van der Waals surface area (Å²) < 4.78 is 6.77. The Kier molecular flexibility index (Phi) is 4.07. The third-order valence-electron chi connectivity index (χ3n) is 4.11. The van der Waals surface area contributed by atoms with E-state index in [1.807, 2.05) is 54.2 Å². The highest BCUT2D eigenvalue weighted by Gasteiger charge is 2.05. The Morgan fingerprint density at radius 3 is 2.73 bits per heavy atom. The third kappa shape index (κ3) is 3.12. The molecule has 1 N–H and O–H groups in total. The molecule has 2 heterocycles. The second-order valence-corrected chi connectivity index (χ2v) is 5.87. The normalized spacial score (nSPS) is 11.3. The van der Waals surface area contributed by atoms with E-state index in [4.69, 9.17) is 4.52 Å². The molecule has 1 amide bonds. The first-order valence-electron chi connectivity index (χ1n) is 8.10. The zero-order valence-corrected chi connectivity index (χ0v) is 14.1. The number of rotatable bonds is 4. The Hall–Kier alpha value is -3.67. The second-order valence-electron chi connectivity index (χ2n) is 5.87. The highest BCUT2D eigenvalue weighted by molar-refractivity contribution is 6.03. The van der Waals surface area contributed by atoms with E-state index in [0.717, 1.165) is 22.0 Å². The number of carbonyl (C=O) groups excluding carboxylic acids is 1. The van der Waals surface area contributed by atoms with Crippen LogP contribution in [0.25, 0.3) is 28.4 Å². The molecule has 0 aliphatic carbocycles. The van der Waals surface area contributed by atoms with Gasteiger partial charge in [0, 0.05) is 47.0 Å². The van der Waals surface area contributed by atoms with E-state index in [1.165, 1.54) is 12.5 Å². The number of benzene rings is 2. The number of amides is 1. The lowest BCUT2D eigenvalue weighted by Gasteiger charge is -2.02. The number of fused-ring (bicyclic) bond motifs is 1. The fraction of sp³-hybridized carbons (Fsp3) is 0.0500. The molecule has 6 heteroatoms. The zero-order chi connectivity index (χ0) is 17.9. The summed E-state index contributed by atoms with van der Waals surface area (Å²) in [6.07, 6.45) is 6.65. The molecule has 0 unspecified atom stereocenters. The third-order valence-corrected chi connectivity index (χ3v) is 4.11. The van der Waals surface area contributed by atoms with Crippen molar-refractivity contribution in [3.8, 4) is 11.4 Å². The average Bonchev–Trinajstić information content (AvgIpc) is 3.30.